The minimum Gasteiger partial charge on any atom is -0.448 e. The van der Waals surface area contributed by atoms with Crippen LogP contribution in [0.4, 0.5) is 12.9 Å². The van der Waals surface area contributed by atoms with Gasteiger partial charge in [-0.15, -0.1) is 0 Å². The molecule has 0 fully saturated rings. The van der Waals surface area contributed by atoms with Crippen LogP contribution in [-0.2, 0) is 0 Å². The zero-order chi connectivity index (χ0) is 10.9. The van der Waals surface area contributed by atoms with Gasteiger partial charge in [-0.1, -0.05) is 20.8 Å². The quantitative estimate of drug-likeness (QED) is 0.627. The number of nitrogens with zero attached hydrogens (tertiary/aromatic N) is 1. The third-order valence-electron chi connectivity index (χ3n) is 2.41. The number of rotatable bonds is 3. The summed E-state index contributed by atoms with van der Waals surface area (Å²) in [5.41, 5.74) is -0.115. The van der Waals surface area contributed by atoms with Gasteiger partial charge in [-0.3, -0.25) is 0 Å². The maximum absolute atomic E-state index is 12.1. The van der Waals surface area contributed by atoms with E-state index >= 15 is 0 Å². The average Bonchev–Trinajstić information content (AvgIpc) is 1.79. The Morgan fingerprint density at radius 1 is 1.23 bits per heavy atom. The summed E-state index contributed by atoms with van der Waals surface area (Å²) in [5, 5.41) is 0. The molecule has 0 saturated heterocycles. The summed E-state index contributed by atoms with van der Waals surface area (Å²) in [5.74, 6) is 0. The molecule has 0 N–H and O–H groups in total. The molecular formula is C8H18BF3N-. The zero-order valence-electron chi connectivity index (χ0n) is 8.94. The highest BCUT2D eigenvalue weighted by Gasteiger charge is 2.30. The fourth-order valence-electron chi connectivity index (χ4n) is 1.15. The van der Waals surface area contributed by atoms with Crippen molar-refractivity contribution in [1.29, 1.82) is 0 Å². The predicted octanol–water partition coefficient (Wildman–Crippen LogP) is 2.74. The van der Waals surface area contributed by atoms with Crippen LogP contribution in [0.3, 0.4) is 0 Å². The highest BCUT2D eigenvalue weighted by atomic mass is 19.4. The third kappa shape index (κ3) is 5.19. The molecule has 0 bridgehead atoms. The van der Waals surface area contributed by atoms with Crippen LogP contribution in [0.5, 0.6) is 0 Å². The molecule has 0 heterocycles. The molecule has 1 atom stereocenters. The molecule has 0 saturated carbocycles. The molecule has 80 valence electrons. The minimum atomic E-state index is -4.70. The summed E-state index contributed by atoms with van der Waals surface area (Å²) in [7, 11) is 1.52. The van der Waals surface area contributed by atoms with Gasteiger partial charge in [0.05, 0.1) is 0 Å². The molecule has 0 aliphatic carbocycles. The second-order valence-corrected chi connectivity index (χ2v) is 4.69. The van der Waals surface area contributed by atoms with Gasteiger partial charge in [0, 0.05) is 6.04 Å². The van der Waals surface area contributed by atoms with E-state index in [0.29, 0.717) is 0 Å². The van der Waals surface area contributed by atoms with Gasteiger partial charge in [-0.05, 0) is 25.8 Å². The van der Waals surface area contributed by atoms with Crippen molar-refractivity contribution in [2.75, 3.05) is 13.5 Å². The summed E-state index contributed by atoms with van der Waals surface area (Å²) in [6, 6.07) is -0.0731. The summed E-state index contributed by atoms with van der Waals surface area (Å²) in [4.78, 5) is 1.36. The van der Waals surface area contributed by atoms with Crippen molar-refractivity contribution in [3.63, 3.8) is 0 Å². The van der Waals surface area contributed by atoms with Crippen molar-refractivity contribution in [3.05, 3.63) is 0 Å². The first-order chi connectivity index (χ1) is 5.54. The maximum Gasteiger partial charge on any atom is 0.492 e. The summed E-state index contributed by atoms with van der Waals surface area (Å²) < 4.78 is 36.2. The molecule has 0 radical (unpaired) electrons. The van der Waals surface area contributed by atoms with Crippen LogP contribution >= 0.6 is 0 Å². The normalized spacial score (nSPS) is 16.4. The highest BCUT2D eigenvalue weighted by Crippen LogP contribution is 2.24. The van der Waals surface area contributed by atoms with Crippen LogP contribution in [0.1, 0.15) is 27.7 Å². The lowest BCUT2D eigenvalue weighted by molar-refractivity contribution is 0.149. The van der Waals surface area contributed by atoms with Crippen molar-refractivity contribution >= 4 is 6.98 Å². The molecule has 0 aromatic heterocycles. The molecule has 1 unspecified atom stereocenters. The Morgan fingerprint density at radius 2 is 1.62 bits per heavy atom. The largest absolute Gasteiger partial charge is 0.492 e. The first-order valence-corrected chi connectivity index (χ1v) is 4.45. The smallest absolute Gasteiger partial charge is 0.448 e. The Balaban J connectivity index is 4.20. The number of hydrogen-bond donors (Lipinski definition) is 0. The van der Waals surface area contributed by atoms with Crippen LogP contribution in [0.15, 0.2) is 0 Å². The second-order valence-electron chi connectivity index (χ2n) is 4.69. The first-order valence-electron chi connectivity index (χ1n) is 4.45. The maximum atomic E-state index is 12.1. The fraction of sp³-hybridized carbons (Fsp3) is 1.00. The standard InChI is InChI=1S/C8H18BF3N/c1-7(8(2,3)4)13(5)6-9(10,11)12/h7H,6H2,1-5H3/q-1. The second kappa shape index (κ2) is 3.90. The Kier molecular flexibility index (Phi) is 3.85. The van der Waals surface area contributed by atoms with E-state index in [0.717, 1.165) is 0 Å². The molecule has 0 aromatic rings. The van der Waals surface area contributed by atoms with Crippen LogP contribution < -0.4 is 0 Å². The molecule has 13 heavy (non-hydrogen) atoms. The van der Waals surface area contributed by atoms with Gasteiger partial charge in [0.15, 0.2) is 0 Å². The Hall–Kier alpha value is -0.185. The van der Waals surface area contributed by atoms with Gasteiger partial charge < -0.3 is 17.8 Å². The SMILES string of the molecule is CC(N(C)C[B-](F)(F)F)C(C)(C)C. The van der Waals surface area contributed by atoms with E-state index in [2.05, 4.69) is 0 Å². The van der Waals surface area contributed by atoms with E-state index in [-0.39, 0.29) is 11.5 Å². The topological polar surface area (TPSA) is 3.24 Å². The zero-order valence-corrected chi connectivity index (χ0v) is 8.94. The Bertz CT molecular complexity index is 162. The van der Waals surface area contributed by atoms with Crippen molar-refractivity contribution in [3.8, 4) is 0 Å². The van der Waals surface area contributed by atoms with Crippen LogP contribution in [0.25, 0.3) is 0 Å². The van der Waals surface area contributed by atoms with Crippen LogP contribution in [0.2, 0.25) is 0 Å². The van der Waals surface area contributed by atoms with Crippen molar-refractivity contribution in [2.45, 2.75) is 33.7 Å². The van der Waals surface area contributed by atoms with Gasteiger partial charge in [-0.25, -0.2) is 0 Å². The molecule has 5 heteroatoms. The summed E-state index contributed by atoms with van der Waals surface area (Å²) >= 11 is 0. The van der Waals surface area contributed by atoms with Crippen LogP contribution in [0, 0.1) is 5.41 Å². The van der Waals surface area contributed by atoms with E-state index in [1.165, 1.54) is 11.9 Å². The van der Waals surface area contributed by atoms with E-state index in [4.69, 9.17) is 0 Å². The van der Waals surface area contributed by atoms with E-state index in [1.807, 2.05) is 27.7 Å². The van der Waals surface area contributed by atoms with Gasteiger partial charge in [0.1, 0.15) is 0 Å². The first kappa shape index (κ1) is 12.8. The van der Waals surface area contributed by atoms with Crippen LogP contribution in [-0.4, -0.2) is 31.4 Å². The van der Waals surface area contributed by atoms with Gasteiger partial charge in [-0.2, -0.15) is 0 Å². The molecule has 1 nitrogen and oxygen atoms in total. The molecule has 0 aliphatic rings. The molecule has 0 aliphatic heterocycles. The predicted molar refractivity (Wildman–Crippen MR) is 50.6 cm³/mol. The average molecular weight is 196 g/mol. The lowest BCUT2D eigenvalue weighted by Crippen LogP contribution is -2.45. The lowest BCUT2D eigenvalue weighted by atomic mass is 9.84. The third-order valence-corrected chi connectivity index (χ3v) is 2.41. The van der Waals surface area contributed by atoms with Gasteiger partial charge in [0.2, 0.25) is 0 Å². The summed E-state index contributed by atoms with van der Waals surface area (Å²) in [6.45, 7) is 2.94. The van der Waals surface area contributed by atoms with Gasteiger partial charge in [0.25, 0.3) is 0 Å². The Labute approximate surface area is 78.4 Å². The van der Waals surface area contributed by atoms with E-state index in [1.54, 1.807) is 0 Å². The fourth-order valence-corrected chi connectivity index (χ4v) is 1.15. The van der Waals surface area contributed by atoms with Crippen molar-refractivity contribution in [2.24, 2.45) is 5.41 Å². The van der Waals surface area contributed by atoms with Crippen molar-refractivity contribution < 1.29 is 12.9 Å². The summed E-state index contributed by atoms with van der Waals surface area (Å²) in [6.07, 6.45) is -0.779. The molecule has 0 rings (SSSR count). The highest BCUT2D eigenvalue weighted by molar-refractivity contribution is 6.58. The molecule has 0 amide bonds. The lowest BCUT2D eigenvalue weighted by Gasteiger charge is -2.37. The molecule has 0 aromatic carbocycles. The van der Waals surface area contributed by atoms with Gasteiger partial charge >= 0.3 is 6.98 Å². The molecule has 0 spiro atoms. The monoisotopic (exact) mass is 196 g/mol. The molecular weight excluding hydrogens is 178 g/mol. The Morgan fingerprint density at radius 3 is 1.85 bits per heavy atom. The van der Waals surface area contributed by atoms with Crippen molar-refractivity contribution in [1.82, 2.24) is 4.90 Å². The minimum absolute atomic E-state index is 0.0731. The van der Waals surface area contributed by atoms with E-state index in [9.17, 15) is 12.9 Å². The number of halogens is 3. The van der Waals surface area contributed by atoms with E-state index < -0.39 is 13.4 Å². The number of hydrogen-bond acceptors (Lipinski definition) is 1.